The van der Waals surface area contributed by atoms with Crippen LogP contribution in [0.15, 0.2) is 30.9 Å². The Morgan fingerprint density at radius 2 is 2.23 bits per heavy atom. The van der Waals surface area contributed by atoms with Crippen LogP contribution in [-0.4, -0.2) is 43.3 Å². The predicted molar refractivity (Wildman–Crippen MR) is 77.2 cm³/mol. The van der Waals surface area contributed by atoms with Gasteiger partial charge in [0.2, 0.25) is 5.91 Å². The number of amides is 1. The summed E-state index contributed by atoms with van der Waals surface area (Å²) in [4.78, 5) is 23.0. The Bertz CT molecular complexity index is 547. The number of halogens is 1. The topological polar surface area (TPSA) is 84.9 Å². The molecular formula is C15H18FNO5. The van der Waals surface area contributed by atoms with Gasteiger partial charge in [-0.15, -0.1) is 6.58 Å². The zero-order valence-corrected chi connectivity index (χ0v) is 12.2. The maximum atomic E-state index is 13.2. The van der Waals surface area contributed by atoms with Crippen molar-refractivity contribution in [3.8, 4) is 5.75 Å². The maximum absolute atomic E-state index is 13.2. The molecule has 6 nitrogen and oxygen atoms in total. The van der Waals surface area contributed by atoms with Crippen molar-refractivity contribution in [3.63, 3.8) is 0 Å². The molecule has 7 heteroatoms. The van der Waals surface area contributed by atoms with Crippen molar-refractivity contribution in [1.82, 2.24) is 5.32 Å². The summed E-state index contributed by atoms with van der Waals surface area (Å²) in [5.74, 6) is -1.94. The van der Waals surface area contributed by atoms with Crippen molar-refractivity contribution >= 4 is 11.9 Å². The van der Waals surface area contributed by atoms with Crippen LogP contribution in [0.2, 0.25) is 0 Å². The lowest BCUT2D eigenvalue weighted by molar-refractivity contribution is -0.143. The van der Waals surface area contributed by atoms with Gasteiger partial charge in [-0.25, -0.2) is 9.18 Å². The highest BCUT2D eigenvalue weighted by Crippen LogP contribution is 2.19. The third-order valence-electron chi connectivity index (χ3n) is 2.75. The molecule has 22 heavy (non-hydrogen) atoms. The van der Waals surface area contributed by atoms with Gasteiger partial charge >= 0.3 is 5.97 Å². The van der Waals surface area contributed by atoms with Gasteiger partial charge in [-0.3, -0.25) is 4.79 Å². The summed E-state index contributed by atoms with van der Waals surface area (Å²) in [6.45, 7) is 3.43. The van der Waals surface area contributed by atoms with Crippen LogP contribution in [0.4, 0.5) is 4.39 Å². The van der Waals surface area contributed by atoms with E-state index in [1.165, 1.54) is 31.4 Å². The van der Waals surface area contributed by atoms with E-state index in [-0.39, 0.29) is 19.6 Å². The lowest BCUT2D eigenvalue weighted by Gasteiger charge is -2.15. The largest absolute Gasteiger partial charge is 0.496 e. The third-order valence-corrected chi connectivity index (χ3v) is 2.75. The van der Waals surface area contributed by atoms with E-state index < -0.39 is 23.7 Å². The minimum atomic E-state index is -1.22. The molecule has 1 aromatic rings. The summed E-state index contributed by atoms with van der Waals surface area (Å²) < 4.78 is 23.3. The number of carbonyl (C=O) groups is 2. The normalized spacial score (nSPS) is 11.5. The van der Waals surface area contributed by atoms with Gasteiger partial charge in [0.05, 0.1) is 26.7 Å². The van der Waals surface area contributed by atoms with E-state index >= 15 is 0 Å². The number of methoxy groups -OCH3 is 1. The second kappa shape index (κ2) is 8.78. The van der Waals surface area contributed by atoms with E-state index in [2.05, 4.69) is 11.9 Å². The number of nitrogens with one attached hydrogen (secondary N) is 1. The number of benzene rings is 1. The Morgan fingerprint density at radius 1 is 1.50 bits per heavy atom. The second-order valence-electron chi connectivity index (χ2n) is 4.42. The quantitative estimate of drug-likeness (QED) is 0.528. The van der Waals surface area contributed by atoms with Crippen LogP contribution in [0.3, 0.4) is 0 Å². The molecule has 1 aromatic carbocycles. The summed E-state index contributed by atoms with van der Waals surface area (Å²) in [6.07, 6.45) is 1.27. The molecule has 120 valence electrons. The van der Waals surface area contributed by atoms with Crippen molar-refractivity contribution in [2.24, 2.45) is 0 Å². The van der Waals surface area contributed by atoms with E-state index in [1.807, 2.05) is 0 Å². The highest BCUT2D eigenvalue weighted by Gasteiger charge is 2.21. The second-order valence-corrected chi connectivity index (χ2v) is 4.42. The van der Waals surface area contributed by atoms with Crippen LogP contribution in [-0.2, 0) is 20.7 Å². The number of carbonyl (C=O) groups excluding carboxylic acids is 1. The van der Waals surface area contributed by atoms with Gasteiger partial charge in [0.15, 0.2) is 6.04 Å². The van der Waals surface area contributed by atoms with Gasteiger partial charge in [-0.2, -0.15) is 0 Å². The molecule has 0 saturated heterocycles. The number of carboxylic acid groups (broad SMARTS) is 1. The van der Waals surface area contributed by atoms with E-state index in [4.69, 9.17) is 14.6 Å². The Balaban J connectivity index is 2.69. The lowest BCUT2D eigenvalue weighted by atomic mass is 10.1. The first-order valence-corrected chi connectivity index (χ1v) is 6.51. The fourth-order valence-electron chi connectivity index (χ4n) is 1.75. The van der Waals surface area contributed by atoms with E-state index in [0.29, 0.717) is 11.3 Å². The molecule has 0 radical (unpaired) electrons. The molecule has 0 aliphatic heterocycles. The zero-order chi connectivity index (χ0) is 16.5. The minimum Gasteiger partial charge on any atom is -0.496 e. The molecule has 0 fully saturated rings. The number of hydrogen-bond acceptors (Lipinski definition) is 4. The van der Waals surface area contributed by atoms with Gasteiger partial charge in [-0.05, 0) is 18.2 Å². The monoisotopic (exact) mass is 311 g/mol. The molecule has 1 rings (SSSR count). The van der Waals surface area contributed by atoms with Crippen LogP contribution >= 0.6 is 0 Å². The molecular weight excluding hydrogens is 293 g/mol. The summed E-state index contributed by atoms with van der Waals surface area (Å²) in [6, 6.07) is 2.60. The van der Waals surface area contributed by atoms with E-state index in [0.717, 1.165) is 0 Å². The Morgan fingerprint density at radius 3 is 2.82 bits per heavy atom. The lowest BCUT2D eigenvalue weighted by Crippen LogP contribution is -2.44. The molecule has 0 aromatic heterocycles. The zero-order valence-electron chi connectivity index (χ0n) is 12.2. The first-order chi connectivity index (χ1) is 10.5. The van der Waals surface area contributed by atoms with Crippen LogP contribution < -0.4 is 10.1 Å². The van der Waals surface area contributed by atoms with Gasteiger partial charge in [-0.1, -0.05) is 6.08 Å². The smallest absolute Gasteiger partial charge is 0.328 e. The van der Waals surface area contributed by atoms with Gasteiger partial charge < -0.3 is 19.9 Å². The predicted octanol–water partition coefficient (Wildman–Crippen LogP) is 1.15. The van der Waals surface area contributed by atoms with Crippen LogP contribution in [0.1, 0.15) is 5.56 Å². The van der Waals surface area contributed by atoms with Crippen LogP contribution in [0, 0.1) is 5.82 Å². The first kappa shape index (κ1) is 17.6. The molecule has 2 N–H and O–H groups in total. The Labute approximate surface area is 127 Å². The van der Waals surface area contributed by atoms with Crippen molar-refractivity contribution < 1.29 is 28.6 Å². The van der Waals surface area contributed by atoms with Gasteiger partial charge in [0.1, 0.15) is 11.6 Å². The molecule has 0 saturated carbocycles. The molecule has 0 spiro atoms. The minimum absolute atomic E-state index is 0.178. The number of aliphatic carboxylic acids is 1. The Kier molecular flexibility index (Phi) is 7.04. The summed E-state index contributed by atoms with van der Waals surface area (Å²) in [7, 11) is 1.40. The summed E-state index contributed by atoms with van der Waals surface area (Å²) in [5.41, 5.74) is 0.330. The number of carboxylic acids is 1. The van der Waals surface area contributed by atoms with Crippen molar-refractivity contribution in [2.75, 3.05) is 20.3 Å². The fourth-order valence-corrected chi connectivity index (χ4v) is 1.75. The van der Waals surface area contributed by atoms with E-state index in [1.54, 1.807) is 0 Å². The van der Waals surface area contributed by atoms with E-state index in [9.17, 15) is 14.0 Å². The number of rotatable bonds is 9. The SMILES string of the molecule is C=CCOCC(NC(=O)Cc1cc(F)ccc1OC)C(=O)O. The molecule has 0 aliphatic carbocycles. The molecule has 1 amide bonds. The highest BCUT2D eigenvalue weighted by molar-refractivity contribution is 5.85. The molecule has 0 aliphatic rings. The van der Waals surface area contributed by atoms with Crippen LogP contribution in [0.5, 0.6) is 5.75 Å². The summed E-state index contributed by atoms with van der Waals surface area (Å²) in [5, 5.41) is 11.3. The van der Waals surface area contributed by atoms with Crippen molar-refractivity contribution in [1.29, 1.82) is 0 Å². The maximum Gasteiger partial charge on any atom is 0.328 e. The van der Waals surface area contributed by atoms with Gasteiger partial charge in [0.25, 0.3) is 0 Å². The van der Waals surface area contributed by atoms with Crippen LogP contribution in [0.25, 0.3) is 0 Å². The standard InChI is InChI=1S/C15H18FNO5/c1-3-6-22-9-12(15(19)20)17-14(18)8-10-7-11(16)4-5-13(10)21-2/h3-5,7,12H,1,6,8-9H2,2H3,(H,17,18)(H,19,20). The molecule has 0 bridgehead atoms. The first-order valence-electron chi connectivity index (χ1n) is 6.51. The highest BCUT2D eigenvalue weighted by atomic mass is 19.1. The molecule has 1 atom stereocenters. The van der Waals surface area contributed by atoms with Gasteiger partial charge in [0, 0.05) is 5.56 Å². The van der Waals surface area contributed by atoms with Crippen molar-refractivity contribution in [2.45, 2.75) is 12.5 Å². The average molecular weight is 311 g/mol. The molecule has 1 unspecified atom stereocenters. The number of hydrogen-bond donors (Lipinski definition) is 2. The molecule has 0 heterocycles. The third kappa shape index (κ3) is 5.53. The van der Waals surface area contributed by atoms with Crippen molar-refractivity contribution in [3.05, 3.63) is 42.2 Å². The fraction of sp³-hybridized carbons (Fsp3) is 0.333. The average Bonchev–Trinajstić information content (AvgIpc) is 2.46. The number of ether oxygens (including phenoxy) is 2. The summed E-state index contributed by atoms with van der Waals surface area (Å²) >= 11 is 0. The Hall–Kier alpha value is -2.41.